The topological polar surface area (TPSA) is 55.5 Å². The second-order valence-corrected chi connectivity index (χ2v) is 20.7. The van der Waals surface area contributed by atoms with E-state index in [-0.39, 0.29) is 32.5 Å². The van der Waals surface area contributed by atoms with Crippen LogP contribution in [0, 0.1) is 74.4 Å². The van der Waals surface area contributed by atoms with Gasteiger partial charge >= 0.3 is 21.1 Å². The molecule has 9 aromatic rings. The molecular weight excluding hydrogens is 1030 g/mol. The van der Waals surface area contributed by atoms with E-state index in [0.29, 0.717) is 11.5 Å². The average molecular weight is 1080 g/mol. The molecule has 6 nitrogen and oxygen atoms in total. The first-order valence-electron chi connectivity index (χ1n) is 23.9. The second-order valence-electron chi connectivity index (χ2n) is 20.7. The minimum absolute atomic E-state index is 0. The molecule has 1 aliphatic carbocycles. The Bertz CT molecular complexity index is 3690. The second kappa shape index (κ2) is 15.7. The Kier molecular flexibility index (Phi) is 10.2. The monoisotopic (exact) mass is 1080 g/mol. The van der Waals surface area contributed by atoms with E-state index in [1.54, 1.807) is 0 Å². The van der Waals surface area contributed by atoms with Crippen LogP contribution >= 0.6 is 0 Å². The van der Waals surface area contributed by atoms with Crippen molar-refractivity contribution in [2.75, 3.05) is 4.90 Å². The van der Waals surface area contributed by atoms with Gasteiger partial charge in [-0.25, -0.2) is 4.98 Å². The summed E-state index contributed by atoms with van der Waals surface area (Å²) in [6.07, 6.45) is 3.74. The quantitative estimate of drug-likeness (QED) is 0.161. The number of aryl methyl sites for hydroxylation is 9. The fourth-order valence-corrected chi connectivity index (χ4v) is 12.4. The Labute approximate surface area is 420 Å². The molecule has 0 radical (unpaired) electrons. The number of ether oxygens (including phenoxy) is 1. The Balaban J connectivity index is 0.00000520. The first kappa shape index (κ1) is 44.9. The molecule has 6 aromatic carbocycles. The zero-order chi connectivity index (χ0) is 47.3. The number of amidine groups is 1. The number of fused-ring (bicyclic) bond motifs is 11. The normalized spacial score (nSPS) is 17.2. The van der Waals surface area contributed by atoms with E-state index in [1.807, 2.05) is 30.6 Å². The molecule has 0 N–H and O–H groups in total. The van der Waals surface area contributed by atoms with Crippen LogP contribution in [0.25, 0.3) is 50.0 Å². The van der Waals surface area contributed by atoms with Crippen LogP contribution in [-0.4, -0.2) is 20.4 Å². The number of aliphatic imine (C=N–C) groups is 1. The van der Waals surface area contributed by atoms with Gasteiger partial charge in [0.1, 0.15) is 5.82 Å². The number of benzene rings is 6. The molecule has 7 heteroatoms. The molecule has 0 unspecified atom stereocenters. The van der Waals surface area contributed by atoms with Gasteiger partial charge in [0, 0.05) is 46.1 Å². The zero-order valence-electron chi connectivity index (χ0n) is 41.4. The standard InChI is InChI=1S/C62H55N5O.Pt/c1-33-22-40(8)56(41(9)23-33)67-58-47-25-34(2)20-38(6)54(47)55-39(7)21-35(3)26-49(55)62(58,12)65-59(67)43-29-42(51-17-13-14-18-63-51)30-44(31-43)68-53-32-52-45(28-37(53)5)46-24-36(4)27-50-57(46)66(52)60-48(61(50,10)11)16-15-19-64-60;/h13-30,58H,1-12H3;/q-2;+2/t58-,62+;/m0./s1. The minimum atomic E-state index is -0.655. The van der Waals surface area contributed by atoms with E-state index in [4.69, 9.17) is 19.7 Å². The van der Waals surface area contributed by atoms with Gasteiger partial charge in [-0.1, -0.05) is 127 Å². The molecule has 0 bridgehead atoms. The fraction of sp³-hybridized carbons (Fsp3) is 0.242. The first-order chi connectivity index (χ1) is 32.5. The Morgan fingerprint density at radius 2 is 1.26 bits per heavy atom. The van der Waals surface area contributed by atoms with Crippen molar-refractivity contribution < 1.29 is 25.8 Å². The van der Waals surface area contributed by atoms with E-state index in [0.717, 1.165) is 50.6 Å². The van der Waals surface area contributed by atoms with Gasteiger partial charge in [0.25, 0.3) is 0 Å². The van der Waals surface area contributed by atoms with Gasteiger partial charge in [0.15, 0.2) is 0 Å². The van der Waals surface area contributed by atoms with Crippen LogP contribution in [0.1, 0.15) is 105 Å². The molecule has 69 heavy (non-hydrogen) atoms. The van der Waals surface area contributed by atoms with Crippen molar-refractivity contribution in [2.45, 2.75) is 100 Å². The van der Waals surface area contributed by atoms with Crippen molar-refractivity contribution in [1.82, 2.24) is 14.5 Å². The average Bonchev–Trinajstić information content (AvgIpc) is 3.77. The summed E-state index contributed by atoms with van der Waals surface area (Å²) in [5.74, 6) is 2.97. The summed E-state index contributed by atoms with van der Waals surface area (Å²) in [6.45, 7) is 26.9. The SMILES string of the molecule is Cc1cc(C)c(N2C(c3[c-]c(Oc4[c-]c5c(cc4C)c4cc(C)cc6c4n5-c4ncccc4C6(C)C)cc(-c4ccccn4)c3)=N[C@]3(C)c4cc(C)cc(C)c4-c4c(C)cc(C)cc4[C@H]23)c(C)c1.[Pt+2]. The van der Waals surface area contributed by atoms with E-state index >= 15 is 0 Å². The minimum Gasteiger partial charge on any atom is -0.503 e. The van der Waals surface area contributed by atoms with E-state index in [1.165, 1.54) is 88.8 Å². The molecule has 3 aliphatic rings. The fourth-order valence-electron chi connectivity index (χ4n) is 12.4. The summed E-state index contributed by atoms with van der Waals surface area (Å²) < 4.78 is 9.45. The number of pyridine rings is 2. The van der Waals surface area contributed by atoms with Crippen LogP contribution in [-0.2, 0) is 32.0 Å². The van der Waals surface area contributed by atoms with Crippen molar-refractivity contribution >= 4 is 33.3 Å². The summed E-state index contributed by atoms with van der Waals surface area (Å²) in [6, 6.07) is 43.0. The molecule has 3 aromatic heterocycles. The molecule has 0 fully saturated rings. The van der Waals surface area contributed by atoms with Crippen LogP contribution in [0.5, 0.6) is 11.5 Å². The summed E-state index contributed by atoms with van der Waals surface area (Å²) in [4.78, 5) is 18.5. The van der Waals surface area contributed by atoms with Gasteiger partial charge in [0.05, 0.1) is 23.1 Å². The summed E-state index contributed by atoms with van der Waals surface area (Å²) in [5, 5.41) is 2.33. The zero-order valence-corrected chi connectivity index (χ0v) is 43.7. The third-order valence-corrected chi connectivity index (χ3v) is 15.1. The van der Waals surface area contributed by atoms with Crippen LogP contribution in [0.3, 0.4) is 0 Å². The summed E-state index contributed by atoms with van der Waals surface area (Å²) in [5.41, 5.74) is 23.5. The van der Waals surface area contributed by atoms with Crippen LogP contribution in [0.15, 0.2) is 114 Å². The van der Waals surface area contributed by atoms with Crippen molar-refractivity contribution in [3.8, 4) is 39.7 Å². The predicted molar refractivity (Wildman–Crippen MR) is 278 cm³/mol. The number of aromatic nitrogens is 3. The van der Waals surface area contributed by atoms with Crippen molar-refractivity contribution in [3.05, 3.63) is 199 Å². The maximum Gasteiger partial charge on any atom is 2.00 e. The number of hydrogen-bond acceptors (Lipinski definition) is 5. The van der Waals surface area contributed by atoms with Gasteiger partial charge in [0.2, 0.25) is 0 Å². The molecule has 0 saturated carbocycles. The van der Waals surface area contributed by atoms with E-state index < -0.39 is 5.54 Å². The first-order valence-corrected chi connectivity index (χ1v) is 23.9. The smallest absolute Gasteiger partial charge is 0.503 e. The Morgan fingerprint density at radius 1 is 0.594 bits per heavy atom. The van der Waals surface area contributed by atoms with Crippen molar-refractivity contribution in [3.63, 3.8) is 0 Å². The van der Waals surface area contributed by atoms with Crippen molar-refractivity contribution in [2.24, 2.45) is 4.99 Å². The molecular formula is C62H55N5OPt. The van der Waals surface area contributed by atoms with E-state index in [9.17, 15) is 0 Å². The third-order valence-electron chi connectivity index (χ3n) is 15.1. The molecule has 344 valence electrons. The molecule has 2 atom stereocenters. The number of hydrogen-bond donors (Lipinski definition) is 0. The molecule has 0 spiro atoms. The number of nitrogens with zero attached hydrogens (tertiary/aromatic N) is 5. The number of anilines is 1. The molecule has 2 aliphatic heterocycles. The molecule has 5 heterocycles. The molecule has 0 amide bonds. The van der Waals surface area contributed by atoms with Gasteiger partial charge < -0.3 is 19.2 Å². The summed E-state index contributed by atoms with van der Waals surface area (Å²) in [7, 11) is 0. The maximum absolute atomic E-state index is 7.15. The molecule has 12 rings (SSSR count). The van der Waals surface area contributed by atoms with Gasteiger partial charge in [-0.15, -0.1) is 28.6 Å². The Morgan fingerprint density at radius 3 is 2.00 bits per heavy atom. The van der Waals surface area contributed by atoms with Gasteiger partial charge in [-0.2, -0.15) is 6.07 Å². The van der Waals surface area contributed by atoms with Gasteiger partial charge in [-0.05, 0) is 136 Å². The molecule has 0 saturated heterocycles. The van der Waals surface area contributed by atoms with Crippen LogP contribution < -0.4 is 9.64 Å². The number of rotatable bonds is 5. The van der Waals surface area contributed by atoms with Crippen molar-refractivity contribution in [1.29, 1.82) is 0 Å². The van der Waals surface area contributed by atoms with Crippen LogP contribution in [0.4, 0.5) is 5.69 Å². The predicted octanol–water partition coefficient (Wildman–Crippen LogP) is 14.9. The van der Waals surface area contributed by atoms with Gasteiger partial charge in [-0.3, -0.25) is 4.98 Å². The summed E-state index contributed by atoms with van der Waals surface area (Å²) >= 11 is 0. The Hall–Kier alpha value is -6.62. The third kappa shape index (κ3) is 6.58. The van der Waals surface area contributed by atoms with Crippen LogP contribution in [0.2, 0.25) is 0 Å². The van der Waals surface area contributed by atoms with E-state index in [2.05, 4.69) is 184 Å². The largest absolute Gasteiger partial charge is 2.00 e. The maximum atomic E-state index is 7.15.